The lowest BCUT2D eigenvalue weighted by molar-refractivity contribution is 0.0940. The van der Waals surface area contributed by atoms with Crippen LogP contribution in [0, 0.1) is 17.1 Å². The van der Waals surface area contributed by atoms with Gasteiger partial charge in [0.15, 0.2) is 0 Å². The fourth-order valence-corrected chi connectivity index (χ4v) is 3.95. The Bertz CT molecular complexity index is 989. The zero-order chi connectivity index (χ0) is 18.7. The highest BCUT2D eigenvalue weighted by Crippen LogP contribution is 2.34. The Kier molecular flexibility index (Phi) is 5.31. The first-order valence-corrected chi connectivity index (χ1v) is 8.86. The van der Waals surface area contributed by atoms with Crippen LogP contribution < -0.4 is 5.32 Å². The first-order chi connectivity index (χ1) is 12.5. The van der Waals surface area contributed by atoms with Crippen molar-refractivity contribution in [2.45, 2.75) is 19.6 Å². The van der Waals surface area contributed by atoms with E-state index in [1.165, 1.54) is 24.5 Å². The number of hydrogen-bond acceptors (Lipinski definition) is 4. The van der Waals surface area contributed by atoms with Crippen molar-refractivity contribution in [3.63, 3.8) is 0 Å². The molecule has 0 bridgehead atoms. The number of amides is 1. The minimum atomic E-state index is -0.356. The van der Waals surface area contributed by atoms with Gasteiger partial charge in [-0.15, -0.1) is 11.3 Å². The Morgan fingerprint density at radius 1 is 1.31 bits per heavy atom. The molecule has 1 unspecified atom stereocenters. The predicted molar refractivity (Wildman–Crippen MR) is 99.5 cm³/mol. The van der Waals surface area contributed by atoms with Crippen LogP contribution in [0.5, 0.6) is 0 Å². The third-order valence-corrected chi connectivity index (χ3v) is 5.34. The molecule has 0 saturated heterocycles. The smallest absolute Gasteiger partial charge is 0.262 e. The molecule has 0 saturated carbocycles. The molecule has 0 aliphatic carbocycles. The van der Waals surface area contributed by atoms with Gasteiger partial charge < -0.3 is 10.1 Å². The quantitative estimate of drug-likeness (QED) is 0.719. The van der Waals surface area contributed by atoms with Crippen molar-refractivity contribution in [1.82, 2.24) is 5.32 Å². The number of fused-ring (bicyclic) bond motifs is 1. The summed E-state index contributed by atoms with van der Waals surface area (Å²) in [6.07, 6.45) is 0. The van der Waals surface area contributed by atoms with Crippen LogP contribution >= 0.6 is 11.3 Å². The molecule has 0 spiro atoms. The summed E-state index contributed by atoms with van der Waals surface area (Å²) in [5.41, 5.74) is 2.02. The highest BCUT2D eigenvalue weighted by atomic mass is 32.1. The van der Waals surface area contributed by atoms with Gasteiger partial charge in [-0.1, -0.05) is 18.2 Å². The third-order valence-electron chi connectivity index (χ3n) is 4.15. The molecule has 4 nitrogen and oxygen atoms in total. The molecule has 0 radical (unpaired) electrons. The lowest BCUT2D eigenvalue weighted by Crippen LogP contribution is -2.26. The lowest BCUT2D eigenvalue weighted by Gasteiger charge is -2.14. The van der Waals surface area contributed by atoms with Gasteiger partial charge in [-0.05, 0) is 36.8 Å². The molecule has 0 fully saturated rings. The van der Waals surface area contributed by atoms with Gasteiger partial charge in [-0.2, -0.15) is 5.26 Å². The van der Waals surface area contributed by atoms with E-state index in [-0.39, 0.29) is 24.4 Å². The molecule has 1 aromatic heterocycles. The number of methoxy groups -OCH3 is 1. The summed E-state index contributed by atoms with van der Waals surface area (Å²) in [6.45, 7) is 2.03. The third kappa shape index (κ3) is 3.45. The Balaban J connectivity index is 1.90. The Morgan fingerprint density at radius 3 is 2.69 bits per heavy atom. The maximum absolute atomic E-state index is 14.2. The summed E-state index contributed by atoms with van der Waals surface area (Å²) in [4.78, 5) is 13.2. The summed E-state index contributed by atoms with van der Waals surface area (Å²) in [6, 6.07) is 13.7. The van der Waals surface area contributed by atoms with Crippen molar-refractivity contribution in [3.05, 3.63) is 69.8 Å². The molecule has 1 N–H and O–H groups in total. The predicted octanol–water partition coefficient (Wildman–Crippen LogP) is 4.55. The van der Waals surface area contributed by atoms with E-state index in [4.69, 9.17) is 10.00 Å². The largest absolute Gasteiger partial charge is 0.380 e. The molecule has 1 heterocycles. The summed E-state index contributed by atoms with van der Waals surface area (Å²) < 4.78 is 20.1. The van der Waals surface area contributed by atoms with E-state index < -0.39 is 0 Å². The van der Waals surface area contributed by atoms with Crippen molar-refractivity contribution in [2.24, 2.45) is 0 Å². The average molecular weight is 368 g/mol. The van der Waals surface area contributed by atoms with Crippen LogP contribution in [0.2, 0.25) is 0 Å². The minimum Gasteiger partial charge on any atom is -0.380 e. The van der Waals surface area contributed by atoms with Crippen LogP contribution in [0.1, 0.15) is 39.3 Å². The number of halogens is 1. The lowest BCUT2D eigenvalue weighted by atomic mass is 10.1. The van der Waals surface area contributed by atoms with Crippen molar-refractivity contribution in [2.75, 3.05) is 7.11 Å². The van der Waals surface area contributed by atoms with Crippen molar-refractivity contribution in [3.8, 4) is 6.07 Å². The van der Waals surface area contributed by atoms with E-state index in [2.05, 4.69) is 11.4 Å². The summed E-state index contributed by atoms with van der Waals surface area (Å²) in [7, 11) is 1.52. The maximum atomic E-state index is 14.2. The van der Waals surface area contributed by atoms with Gasteiger partial charge >= 0.3 is 0 Å². The summed E-state index contributed by atoms with van der Waals surface area (Å²) in [5, 5.41) is 12.3. The van der Waals surface area contributed by atoms with Gasteiger partial charge in [-0.25, -0.2) is 4.39 Å². The molecule has 1 atom stereocenters. The van der Waals surface area contributed by atoms with Gasteiger partial charge in [-0.3, -0.25) is 4.79 Å². The second kappa shape index (κ2) is 7.65. The van der Waals surface area contributed by atoms with E-state index in [1.807, 2.05) is 19.1 Å². The molecule has 0 aliphatic heterocycles. The number of benzene rings is 2. The molecular weight excluding hydrogens is 351 g/mol. The fraction of sp³-hybridized carbons (Fsp3) is 0.200. The Hall–Kier alpha value is -2.75. The van der Waals surface area contributed by atoms with Crippen LogP contribution in [-0.2, 0) is 11.3 Å². The van der Waals surface area contributed by atoms with E-state index in [9.17, 15) is 9.18 Å². The number of hydrogen-bond donors (Lipinski definition) is 1. The number of thiophene rings is 1. The molecule has 2 aromatic carbocycles. The summed E-state index contributed by atoms with van der Waals surface area (Å²) >= 11 is 1.25. The highest BCUT2D eigenvalue weighted by Gasteiger charge is 2.22. The van der Waals surface area contributed by atoms with Gasteiger partial charge in [0.2, 0.25) is 0 Å². The number of nitriles is 1. The number of nitrogens with one attached hydrogen (secondary N) is 1. The van der Waals surface area contributed by atoms with Gasteiger partial charge in [0, 0.05) is 22.8 Å². The maximum Gasteiger partial charge on any atom is 0.262 e. The number of nitrogens with zero attached hydrogens (tertiary/aromatic N) is 1. The van der Waals surface area contributed by atoms with E-state index in [0.717, 1.165) is 5.56 Å². The number of carbonyl (C=O) groups excluding carboxylic acids is 1. The van der Waals surface area contributed by atoms with Gasteiger partial charge in [0.1, 0.15) is 5.82 Å². The van der Waals surface area contributed by atoms with E-state index in [1.54, 1.807) is 24.3 Å². The molecule has 132 valence electrons. The van der Waals surface area contributed by atoms with Gasteiger partial charge in [0.05, 0.1) is 29.2 Å². The van der Waals surface area contributed by atoms with Crippen molar-refractivity contribution >= 4 is 27.3 Å². The van der Waals surface area contributed by atoms with Crippen LogP contribution in [0.3, 0.4) is 0 Å². The van der Waals surface area contributed by atoms with Crippen LogP contribution in [0.15, 0.2) is 42.5 Å². The highest BCUT2D eigenvalue weighted by molar-refractivity contribution is 7.21. The molecule has 3 rings (SSSR count). The van der Waals surface area contributed by atoms with E-state index in [0.29, 0.717) is 26.1 Å². The normalized spacial score (nSPS) is 11.9. The van der Waals surface area contributed by atoms with Crippen molar-refractivity contribution < 1.29 is 13.9 Å². The molecule has 0 aliphatic rings. The molecule has 1 amide bonds. The van der Waals surface area contributed by atoms with E-state index >= 15 is 0 Å². The number of rotatable bonds is 5. The minimum absolute atomic E-state index is 0.162. The standard InChI is InChI=1S/C20H17FN2O2S/c1-12(14-8-6-13(10-22)7-9-14)23-20(24)19-15(11-25-2)18-16(21)4-3-5-17(18)26-19/h3-9,12H,11H2,1-2H3,(H,23,24). The monoisotopic (exact) mass is 368 g/mol. The Morgan fingerprint density at radius 2 is 2.04 bits per heavy atom. The van der Waals surface area contributed by atoms with Crippen LogP contribution in [0.4, 0.5) is 4.39 Å². The zero-order valence-electron chi connectivity index (χ0n) is 14.4. The van der Waals surface area contributed by atoms with Crippen LogP contribution in [0.25, 0.3) is 10.1 Å². The number of carbonyl (C=O) groups is 1. The SMILES string of the molecule is COCc1c(C(=O)NC(C)c2ccc(C#N)cc2)sc2cccc(F)c12. The molecule has 26 heavy (non-hydrogen) atoms. The second-order valence-electron chi connectivity index (χ2n) is 5.88. The summed E-state index contributed by atoms with van der Waals surface area (Å²) in [5.74, 6) is -0.625. The van der Waals surface area contributed by atoms with Crippen molar-refractivity contribution in [1.29, 1.82) is 5.26 Å². The molecule has 3 aromatic rings. The second-order valence-corrected chi connectivity index (χ2v) is 6.94. The average Bonchev–Trinajstić information content (AvgIpc) is 3.02. The Labute approximate surface area is 154 Å². The van der Waals surface area contributed by atoms with Gasteiger partial charge in [0.25, 0.3) is 5.91 Å². The topological polar surface area (TPSA) is 62.1 Å². The molecular formula is C20H17FN2O2S. The fourth-order valence-electron chi connectivity index (χ4n) is 2.82. The first kappa shape index (κ1) is 18.1. The zero-order valence-corrected chi connectivity index (χ0v) is 15.2. The molecule has 6 heteroatoms. The first-order valence-electron chi connectivity index (χ1n) is 8.05. The number of ether oxygens (including phenoxy) is 1. The van der Waals surface area contributed by atoms with Crippen LogP contribution in [-0.4, -0.2) is 13.0 Å².